The number of hydrogen-bond donors (Lipinski definition) is 2. The van der Waals surface area contributed by atoms with Crippen molar-refractivity contribution in [2.24, 2.45) is 11.7 Å². The average molecular weight is 266 g/mol. The van der Waals surface area contributed by atoms with Gasteiger partial charge >= 0.3 is 0 Å². The average Bonchev–Trinajstić information content (AvgIpc) is 3.04. The van der Waals surface area contributed by atoms with Crippen molar-refractivity contribution in [1.82, 2.24) is 4.72 Å². The molecule has 0 aromatic heterocycles. The first kappa shape index (κ1) is 12.1. The van der Waals surface area contributed by atoms with Crippen LogP contribution in [0.3, 0.4) is 0 Å². The van der Waals surface area contributed by atoms with E-state index in [4.69, 9.17) is 5.73 Å². The normalized spacial score (nSPS) is 27.2. The van der Waals surface area contributed by atoms with E-state index in [1.165, 1.54) is 0 Å². The summed E-state index contributed by atoms with van der Waals surface area (Å²) in [4.78, 5) is 0. The quantitative estimate of drug-likeness (QED) is 0.852. The van der Waals surface area contributed by atoms with Crippen LogP contribution in [0.1, 0.15) is 30.0 Å². The predicted molar refractivity (Wildman–Crippen MR) is 70.5 cm³/mol. The topological polar surface area (TPSA) is 72.2 Å². The van der Waals surface area contributed by atoms with Crippen molar-refractivity contribution < 1.29 is 8.42 Å². The number of rotatable bonds is 4. The molecule has 2 aliphatic rings. The zero-order chi connectivity index (χ0) is 12.8. The fraction of sp³-hybridized carbons (Fsp3) is 0.538. The molecule has 0 heterocycles. The highest BCUT2D eigenvalue weighted by atomic mass is 32.2. The van der Waals surface area contributed by atoms with Gasteiger partial charge in [-0.05, 0) is 36.3 Å². The molecule has 2 aliphatic carbocycles. The first-order valence-electron chi connectivity index (χ1n) is 6.38. The van der Waals surface area contributed by atoms with Gasteiger partial charge in [-0.3, -0.25) is 0 Å². The van der Waals surface area contributed by atoms with Crippen LogP contribution in [-0.4, -0.2) is 20.2 Å². The smallest absolute Gasteiger partial charge is 0.212 e. The fourth-order valence-corrected chi connectivity index (χ4v) is 4.35. The maximum Gasteiger partial charge on any atom is 0.212 e. The Kier molecular flexibility index (Phi) is 2.92. The lowest BCUT2D eigenvalue weighted by Gasteiger charge is -2.18. The zero-order valence-electron chi connectivity index (χ0n) is 10.2. The number of fused-ring (bicyclic) bond motifs is 1. The first-order chi connectivity index (χ1) is 8.55. The third kappa shape index (κ3) is 2.43. The molecule has 1 aromatic carbocycles. The van der Waals surface area contributed by atoms with E-state index in [-0.39, 0.29) is 17.8 Å². The van der Waals surface area contributed by atoms with Crippen molar-refractivity contribution in [2.75, 3.05) is 5.75 Å². The second kappa shape index (κ2) is 4.33. The number of benzene rings is 1. The summed E-state index contributed by atoms with van der Waals surface area (Å²) >= 11 is 0. The molecule has 0 spiro atoms. The van der Waals surface area contributed by atoms with Crippen molar-refractivity contribution in [3.05, 3.63) is 35.4 Å². The zero-order valence-corrected chi connectivity index (χ0v) is 11.0. The van der Waals surface area contributed by atoms with Gasteiger partial charge in [0.2, 0.25) is 10.0 Å². The first-order valence-corrected chi connectivity index (χ1v) is 8.04. The summed E-state index contributed by atoms with van der Waals surface area (Å²) in [5, 5.41) is 0. The summed E-state index contributed by atoms with van der Waals surface area (Å²) in [6.07, 6.45) is 2.81. The molecule has 3 rings (SSSR count). The van der Waals surface area contributed by atoms with Crippen molar-refractivity contribution in [2.45, 2.75) is 31.3 Å². The van der Waals surface area contributed by atoms with E-state index in [9.17, 15) is 8.42 Å². The van der Waals surface area contributed by atoms with E-state index in [0.29, 0.717) is 5.92 Å². The van der Waals surface area contributed by atoms with Crippen LogP contribution >= 0.6 is 0 Å². The summed E-state index contributed by atoms with van der Waals surface area (Å²) in [6, 6.07) is 7.46. The Labute approximate surface area is 108 Å². The van der Waals surface area contributed by atoms with Gasteiger partial charge in [0, 0.05) is 6.04 Å². The number of hydrogen-bond acceptors (Lipinski definition) is 3. The SMILES string of the molecule is NC1Cc2ccccc2C1NS(=O)(=O)CC1CC1. The van der Waals surface area contributed by atoms with E-state index >= 15 is 0 Å². The Morgan fingerprint density at radius 2 is 2.00 bits per heavy atom. The summed E-state index contributed by atoms with van der Waals surface area (Å²) in [6.45, 7) is 0. The van der Waals surface area contributed by atoms with Crippen molar-refractivity contribution in [3.63, 3.8) is 0 Å². The van der Waals surface area contributed by atoms with Crippen LogP contribution in [0.15, 0.2) is 24.3 Å². The highest BCUT2D eigenvalue weighted by Gasteiger charge is 2.35. The minimum atomic E-state index is -3.21. The van der Waals surface area contributed by atoms with Crippen LogP contribution in [0.5, 0.6) is 0 Å². The van der Waals surface area contributed by atoms with E-state index in [1.807, 2.05) is 24.3 Å². The maximum absolute atomic E-state index is 12.0. The van der Waals surface area contributed by atoms with Gasteiger partial charge in [0.25, 0.3) is 0 Å². The Bertz CT molecular complexity index is 552. The highest BCUT2D eigenvalue weighted by molar-refractivity contribution is 7.89. The molecule has 2 unspecified atom stereocenters. The maximum atomic E-state index is 12.0. The van der Waals surface area contributed by atoms with Crippen LogP contribution in [0.25, 0.3) is 0 Å². The molecule has 1 fully saturated rings. The largest absolute Gasteiger partial charge is 0.326 e. The van der Waals surface area contributed by atoms with Crippen LogP contribution in [0.2, 0.25) is 0 Å². The molecule has 0 radical (unpaired) electrons. The molecule has 1 saturated carbocycles. The molecule has 0 aliphatic heterocycles. The molecule has 3 N–H and O–H groups in total. The van der Waals surface area contributed by atoms with Gasteiger partial charge in [-0.2, -0.15) is 0 Å². The summed E-state index contributed by atoms with van der Waals surface area (Å²) in [5.41, 5.74) is 8.24. The number of nitrogens with two attached hydrogens (primary N) is 1. The van der Waals surface area contributed by atoms with Gasteiger partial charge in [0.15, 0.2) is 0 Å². The minimum absolute atomic E-state index is 0.156. The highest BCUT2D eigenvalue weighted by Crippen LogP contribution is 2.33. The third-order valence-corrected chi connectivity index (χ3v) is 5.26. The van der Waals surface area contributed by atoms with Crippen molar-refractivity contribution >= 4 is 10.0 Å². The van der Waals surface area contributed by atoms with Gasteiger partial charge in [-0.1, -0.05) is 24.3 Å². The van der Waals surface area contributed by atoms with Crippen molar-refractivity contribution in [1.29, 1.82) is 0 Å². The molecule has 98 valence electrons. The van der Waals surface area contributed by atoms with E-state index < -0.39 is 10.0 Å². The number of nitrogens with one attached hydrogen (secondary N) is 1. The van der Waals surface area contributed by atoms with Crippen LogP contribution in [0.4, 0.5) is 0 Å². The van der Waals surface area contributed by atoms with Crippen LogP contribution < -0.4 is 10.5 Å². The van der Waals surface area contributed by atoms with E-state index in [2.05, 4.69) is 4.72 Å². The Hall–Kier alpha value is -0.910. The minimum Gasteiger partial charge on any atom is -0.326 e. The molecule has 5 heteroatoms. The van der Waals surface area contributed by atoms with Crippen LogP contribution in [0, 0.1) is 5.92 Å². The van der Waals surface area contributed by atoms with Gasteiger partial charge in [0.1, 0.15) is 0 Å². The molecule has 0 bridgehead atoms. The van der Waals surface area contributed by atoms with E-state index in [0.717, 1.165) is 30.4 Å². The van der Waals surface area contributed by atoms with Gasteiger partial charge < -0.3 is 5.73 Å². The lowest BCUT2D eigenvalue weighted by molar-refractivity contribution is 0.516. The number of sulfonamides is 1. The Balaban J connectivity index is 1.80. The van der Waals surface area contributed by atoms with Gasteiger partial charge in [-0.25, -0.2) is 13.1 Å². The lowest BCUT2D eigenvalue weighted by atomic mass is 10.1. The molecule has 0 amide bonds. The van der Waals surface area contributed by atoms with Crippen LogP contribution in [-0.2, 0) is 16.4 Å². The predicted octanol–water partition coefficient (Wildman–Crippen LogP) is 0.940. The molecule has 0 saturated heterocycles. The van der Waals surface area contributed by atoms with Crippen molar-refractivity contribution in [3.8, 4) is 0 Å². The third-order valence-electron chi connectivity index (χ3n) is 3.73. The molecule has 4 nitrogen and oxygen atoms in total. The standard InChI is InChI=1S/C13H18N2O2S/c14-12-7-10-3-1-2-4-11(10)13(12)15-18(16,17)8-9-5-6-9/h1-4,9,12-13,15H,5-8,14H2. The fourth-order valence-electron chi connectivity index (χ4n) is 2.61. The molecular formula is C13H18N2O2S. The summed E-state index contributed by atoms with van der Waals surface area (Å²) in [5.74, 6) is 0.605. The molecule has 2 atom stereocenters. The van der Waals surface area contributed by atoms with Gasteiger partial charge in [-0.15, -0.1) is 0 Å². The molecular weight excluding hydrogens is 248 g/mol. The Morgan fingerprint density at radius 1 is 1.28 bits per heavy atom. The lowest BCUT2D eigenvalue weighted by Crippen LogP contribution is -2.39. The van der Waals surface area contributed by atoms with E-state index in [1.54, 1.807) is 0 Å². The second-order valence-corrected chi connectivity index (χ2v) is 7.19. The monoisotopic (exact) mass is 266 g/mol. The second-order valence-electron chi connectivity index (χ2n) is 5.39. The summed E-state index contributed by atoms with van der Waals surface area (Å²) < 4.78 is 26.8. The van der Waals surface area contributed by atoms with Gasteiger partial charge in [0.05, 0.1) is 11.8 Å². The Morgan fingerprint density at radius 3 is 2.72 bits per heavy atom. The summed E-state index contributed by atoms with van der Waals surface area (Å²) in [7, 11) is -3.21. The molecule has 1 aromatic rings. The molecule has 18 heavy (non-hydrogen) atoms.